The molecule has 2 atom stereocenters. The van der Waals surface area contributed by atoms with E-state index >= 15 is 0 Å². The number of carbonyl (C=O) groups is 1. The summed E-state index contributed by atoms with van der Waals surface area (Å²) in [6, 6.07) is 0.492. The quantitative estimate of drug-likeness (QED) is 0.525. The maximum atomic E-state index is 11.4. The zero-order valence-corrected chi connectivity index (χ0v) is 6.84. The van der Waals surface area contributed by atoms with Gasteiger partial charge in [0.2, 0.25) is 5.91 Å². The van der Waals surface area contributed by atoms with Gasteiger partial charge in [0, 0.05) is 31.6 Å². The van der Waals surface area contributed by atoms with E-state index in [2.05, 4.69) is 5.32 Å². The van der Waals surface area contributed by atoms with Crippen molar-refractivity contribution in [1.29, 1.82) is 0 Å². The van der Waals surface area contributed by atoms with Gasteiger partial charge in [-0.2, -0.15) is 0 Å². The van der Waals surface area contributed by atoms with E-state index in [-0.39, 0.29) is 5.92 Å². The van der Waals surface area contributed by atoms with Gasteiger partial charge in [-0.25, -0.2) is 0 Å². The minimum atomic E-state index is 0.264. The number of amides is 1. The third-order valence-corrected chi connectivity index (χ3v) is 2.68. The van der Waals surface area contributed by atoms with Crippen LogP contribution in [0.15, 0.2) is 0 Å². The summed E-state index contributed by atoms with van der Waals surface area (Å²) in [6.07, 6.45) is 1.05. The molecule has 11 heavy (non-hydrogen) atoms. The maximum absolute atomic E-state index is 11.4. The van der Waals surface area contributed by atoms with Crippen LogP contribution in [0.5, 0.6) is 0 Å². The molecule has 2 heterocycles. The van der Waals surface area contributed by atoms with E-state index in [9.17, 15) is 4.79 Å². The molecule has 3 heteroatoms. The van der Waals surface area contributed by atoms with Crippen LogP contribution < -0.4 is 5.32 Å². The number of hydrogen-bond donors (Lipinski definition) is 1. The van der Waals surface area contributed by atoms with Crippen LogP contribution in [0.4, 0.5) is 0 Å². The monoisotopic (exact) mass is 154 g/mol. The molecular weight excluding hydrogens is 140 g/mol. The van der Waals surface area contributed by atoms with Crippen molar-refractivity contribution in [3.63, 3.8) is 0 Å². The predicted octanol–water partition coefficient (Wildman–Crippen LogP) is -0.173. The molecule has 0 aromatic heterocycles. The van der Waals surface area contributed by atoms with Crippen LogP contribution in [0.3, 0.4) is 0 Å². The van der Waals surface area contributed by atoms with E-state index < -0.39 is 0 Å². The highest BCUT2D eigenvalue weighted by Gasteiger charge is 2.37. The molecule has 2 aliphatic rings. The van der Waals surface area contributed by atoms with Gasteiger partial charge in [-0.15, -0.1) is 0 Å². The smallest absolute Gasteiger partial charge is 0.225 e. The summed E-state index contributed by atoms with van der Waals surface area (Å²) in [5, 5.41) is 3.30. The lowest BCUT2D eigenvalue weighted by molar-refractivity contribution is -0.132. The van der Waals surface area contributed by atoms with Crippen LogP contribution in [0.25, 0.3) is 0 Å². The second-order valence-electron chi connectivity index (χ2n) is 3.53. The summed E-state index contributed by atoms with van der Waals surface area (Å²) in [5.74, 6) is 0.622. The van der Waals surface area contributed by atoms with Crippen LogP contribution in [-0.2, 0) is 4.79 Å². The third-order valence-electron chi connectivity index (χ3n) is 2.68. The second kappa shape index (κ2) is 2.48. The minimum absolute atomic E-state index is 0.264. The van der Waals surface area contributed by atoms with E-state index in [1.165, 1.54) is 0 Å². The Kier molecular flexibility index (Phi) is 1.60. The minimum Gasteiger partial charge on any atom is -0.337 e. The first kappa shape index (κ1) is 7.10. The molecule has 2 rings (SSSR count). The number of carbonyl (C=O) groups excluding carboxylic acids is 1. The van der Waals surface area contributed by atoms with Gasteiger partial charge in [-0.3, -0.25) is 4.79 Å². The summed E-state index contributed by atoms with van der Waals surface area (Å²) in [4.78, 5) is 13.5. The summed E-state index contributed by atoms with van der Waals surface area (Å²) < 4.78 is 0. The maximum Gasteiger partial charge on any atom is 0.225 e. The van der Waals surface area contributed by atoms with Crippen molar-refractivity contribution in [3.8, 4) is 0 Å². The molecule has 0 aromatic rings. The topological polar surface area (TPSA) is 32.3 Å². The number of rotatable bonds is 0. The molecule has 2 fully saturated rings. The molecule has 3 nitrogen and oxygen atoms in total. The molecule has 62 valence electrons. The van der Waals surface area contributed by atoms with E-state index in [1.807, 2.05) is 11.8 Å². The largest absolute Gasteiger partial charge is 0.337 e. The SMILES string of the molecule is C[C@H]1C[C@@H]2CNCCN2C1=O. The molecule has 1 N–H and O–H groups in total. The van der Waals surface area contributed by atoms with Crippen LogP contribution in [0.1, 0.15) is 13.3 Å². The second-order valence-corrected chi connectivity index (χ2v) is 3.53. The van der Waals surface area contributed by atoms with Gasteiger partial charge in [0.15, 0.2) is 0 Å². The molecule has 0 bridgehead atoms. The van der Waals surface area contributed by atoms with E-state index in [4.69, 9.17) is 0 Å². The Morgan fingerprint density at radius 3 is 3.18 bits per heavy atom. The number of nitrogens with one attached hydrogen (secondary N) is 1. The van der Waals surface area contributed by atoms with E-state index in [1.54, 1.807) is 0 Å². The van der Waals surface area contributed by atoms with Crippen LogP contribution in [0, 0.1) is 5.92 Å². The van der Waals surface area contributed by atoms with Crippen LogP contribution in [-0.4, -0.2) is 36.5 Å². The molecule has 2 saturated heterocycles. The van der Waals surface area contributed by atoms with Crippen molar-refractivity contribution in [3.05, 3.63) is 0 Å². The van der Waals surface area contributed by atoms with Crippen molar-refractivity contribution >= 4 is 5.91 Å². The molecule has 0 unspecified atom stereocenters. The first-order valence-electron chi connectivity index (χ1n) is 4.30. The van der Waals surface area contributed by atoms with Gasteiger partial charge in [0.1, 0.15) is 0 Å². The van der Waals surface area contributed by atoms with Crippen molar-refractivity contribution in [2.24, 2.45) is 5.92 Å². The van der Waals surface area contributed by atoms with Crippen molar-refractivity contribution < 1.29 is 4.79 Å². The lowest BCUT2D eigenvalue weighted by Crippen LogP contribution is -2.49. The van der Waals surface area contributed by atoms with E-state index in [0.717, 1.165) is 26.1 Å². The fraction of sp³-hybridized carbons (Fsp3) is 0.875. The molecule has 2 aliphatic heterocycles. The number of piperazine rings is 1. The summed E-state index contributed by atoms with van der Waals surface area (Å²) in [7, 11) is 0. The Bertz CT molecular complexity index is 181. The van der Waals surface area contributed by atoms with Crippen molar-refractivity contribution in [2.45, 2.75) is 19.4 Å². The van der Waals surface area contributed by atoms with Crippen molar-refractivity contribution in [1.82, 2.24) is 10.2 Å². The molecule has 0 spiro atoms. The fourth-order valence-corrected chi connectivity index (χ4v) is 2.05. The van der Waals surface area contributed by atoms with Crippen LogP contribution in [0.2, 0.25) is 0 Å². The molecule has 1 amide bonds. The normalized spacial score (nSPS) is 37.5. The fourth-order valence-electron chi connectivity index (χ4n) is 2.05. The standard InChI is InChI=1S/C8H14N2O/c1-6-4-7-5-9-2-3-10(7)8(6)11/h6-7,9H,2-5H2,1H3/t6-,7+/m0/s1. The summed E-state index contributed by atoms with van der Waals surface area (Å²) in [5.41, 5.74) is 0. The highest BCUT2D eigenvalue weighted by atomic mass is 16.2. The van der Waals surface area contributed by atoms with Crippen LogP contribution >= 0.6 is 0 Å². The van der Waals surface area contributed by atoms with E-state index in [0.29, 0.717) is 11.9 Å². The Hall–Kier alpha value is -0.570. The molecule has 0 aromatic carbocycles. The number of fused-ring (bicyclic) bond motifs is 1. The molecule has 0 saturated carbocycles. The van der Waals surface area contributed by atoms with Gasteiger partial charge in [-0.1, -0.05) is 6.92 Å². The third kappa shape index (κ3) is 1.03. The highest BCUT2D eigenvalue weighted by molar-refractivity contribution is 5.81. The lowest BCUT2D eigenvalue weighted by Gasteiger charge is -2.29. The van der Waals surface area contributed by atoms with Gasteiger partial charge in [0.25, 0.3) is 0 Å². The Balaban J connectivity index is 2.11. The Morgan fingerprint density at radius 1 is 1.64 bits per heavy atom. The Morgan fingerprint density at radius 2 is 2.45 bits per heavy atom. The predicted molar refractivity (Wildman–Crippen MR) is 42.2 cm³/mol. The first-order chi connectivity index (χ1) is 5.29. The zero-order valence-electron chi connectivity index (χ0n) is 6.84. The summed E-state index contributed by atoms with van der Waals surface area (Å²) in [6.45, 7) is 4.90. The number of hydrogen-bond acceptors (Lipinski definition) is 2. The summed E-state index contributed by atoms with van der Waals surface area (Å²) >= 11 is 0. The Labute approximate surface area is 66.8 Å². The lowest BCUT2D eigenvalue weighted by atomic mass is 10.1. The molecule has 0 aliphatic carbocycles. The first-order valence-corrected chi connectivity index (χ1v) is 4.30. The average molecular weight is 154 g/mol. The van der Waals surface area contributed by atoms with Gasteiger partial charge in [-0.05, 0) is 6.42 Å². The van der Waals surface area contributed by atoms with Gasteiger partial charge in [0.05, 0.1) is 0 Å². The molecular formula is C8H14N2O. The van der Waals surface area contributed by atoms with Gasteiger partial charge >= 0.3 is 0 Å². The van der Waals surface area contributed by atoms with Gasteiger partial charge < -0.3 is 10.2 Å². The zero-order chi connectivity index (χ0) is 7.84. The van der Waals surface area contributed by atoms with Crippen molar-refractivity contribution in [2.75, 3.05) is 19.6 Å². The highest BCUT2D eigenvalue weighted by Crippen LogP contribution is 2.24. The number of nitrogens with zero attached hydrogens (tertiary/aromatic N) is 1. The molecule has 0 radical (unpaired) electrons. The average Bonchev–Trinajstić information content (AvgIpc) is 2.30.